The average molecular weight is 296 g/mol. The molecule has 0 aromatic heterocycles. The highest BCUT2D eigenvalue weighted by Crippen LogP contribution is 2.16. The predicted octanol–water partition coefficient (Wildman–Crippen LogP) is 5.72. The Bertz CT molecular complexity index is 277. The zero-order valence-electron chi connectivity index (χ0n) is 7.94. The molecule has 0 bridgehead atoms. The first kappa shape index (κ1) is 21.7. The fourth-order valence-electron chi connectivity index (χ4n) is 0.0825. The van der Waals surface area contributed by atoms with Gasteiger partial charge in [0.05, 0.1) is 0 Å². The van der Waals surface area contributed by atoms with Crippen molar-refractivity contribution in [2.75, 3.05) is 0 Å². The van der Waals surface area contributed by atoms with Gasteiger partial charge in [0.2, 0.25) is 5.83 Å². The molecule has 0 aliphatic carbocycles. The monoisotopic (exact) mass is 296 g/mol. The quantitative estimate of drug-likeness (QED) is 0.543. The van der Waals surface area contributed by atoms with Crippen LogP contribution in [-0.2, 0) is 0 Å². The molecule has 0 heterocycles. The zero-order chi connectivity index (χ0) is 15.5. The van der Waals surface area contributed by atoms with Crippen LogP contribution in [0.1, 0.15) is 0 Å². The van der Waals surface area contributed by atoms with Crippen LogP contribution >= 0.6 is 0 Å². The Labute approximate surface area is 92.7 Å². The molecule has 0 aliphatic rings. The SMILES string of the molecule is C=C(F)F.FC(F)=C(F)C(F)F.FC(F)=C(F)F. The molecule has 11 heteroatoms. The van der Waals surface area contributed by atoms with Crippen molar-refractivity contribution >= 4 is 0 Å². The van der Waals surface area contributed by atoms with Crippen molar-refractivity contribution in [3.05, 3.63) is 36.7 Å². The van der Waals surface area contributed by atoms with Gasteiger partial charge in [-0.15, -0.1) is 0 Å². The molecule has 0 radical (unpaired) electrons. The van der Waals surface area contributed by atoms with E-state index in [0.717, 1.165) is 0 Å². The second-order valence-corrected chi connectivity index (χ2v) is 1.77. The average Bonchev–Trinajstić information content (AvgIpc) is 2.15. The van der Waals surface area contributed by atoms with Crippen LogP contribution in [0.3, 0.4) is 0 Å². The van der Waals surface area contributed by atoms with Crippen molar-refractivity contribution in [1.29, 1.82) is 0 Å². The Morgan fingerprint density at radius 2 is 0.833 bits per heavy atom. The lowest BCUT2D eigenvalue weighted by molar-refractivity contribution is 0.145. The summed E-state index contributed by atoms with van der Waals surface area (Å²) in [6.07, 6.45) is -14.3. The van der Waals surface area contributed by atoms with Crippen LogP contribution in [0.4, 0.5) is 48.3 Å². The van der Waals surface area contributed by atoms with Crippen LogP contribution < -0.4 is 0 Å². The van der Waals surface area contributed by atoms with E-state index in [1.807, 2.05) is 0 Å². The molecule has 0 amide bonds. The molecule has 0 aliphatic heterocycles. The van der Waals surface area contributed by atoms with E-state index >= 15 is 0 Å². The van der Waals surface area contributed by atoms with Gasteiger partial charge in [0.1, 0.15) is 0 Å². The highest BCUT2D eigenvalue weighted by molar-refractivity contribution is 4.93. The van der Waals surface area contributed by atoms with E-state index in [-0.39, 0.29) is 0 Å². The molecule has 108 valence electrons. The number of alkyl halides is 2. The molecule has 0 saturated heterocycles. The molecule has 0 nitrogen and oxygen atoms in total. The Hall–Kier alpha value is -1.55. The highest BCUT2D eigenvalue weighted by atomic mass is 19.3. The molecular formula is C7H3F11. The van der Waals surface area contributed by atoms with Gasteiger partial charge in [-0.05, 0) is 6.58 Å². The minimum Gasteiger partial charge on any atom is -0.202 e. The van der Waals surface area contributed by atoms with Crippen molar-refractivity contribution < 1.29 is 48.3 Å². The third kappa shape index (κ3) is 23.9. The van der Waals surface area contributed by atoms with E-state index in [2.05, 4.69) is 6.58 Å². The molecule has 18 heavy (non-hydrogen) atoms. The summed E-state index contributed by atoms with van der Waals surface area (Å²) in [5.41, 5.74) is 0. The van der Waals surface area contributed by atoms with Gasteiger partial charge < -0.3 is 0 Å². The third-order valence-electron chi connectivity index (χ3n) is 0.515. The maximum Gasteiger partial charge on any atom is 0.334 e. The van der Waals surface area contributed by atoms with Gasteiger partial charge in [0, 0.05) is 0 Å². The summed E-state index contributed by atoms with van der Waals surface area (Å²) in [4.78, 5) is 0. The van der Waals surface area contributed by atoms with Crippen molar-refractivity contribution in [2.45, 2.75) is 6.43 Å². The topological polar surface area (TPSA) is 0 Å². The number of hydrogen-bond acceptors (Lipinski definition) is 0. The minimum absolute atomic E-state index is 1.83. The van der Waals surface area contributed by atoms with Crippen LogP contribution in [0.15, 0.2) is 36.7 Å². The highest BCUT2D eigenvalue weighted by Gasteiger charge is 2.16. The van der Waals surface area contributed by atoms with Gasteiger partial charge in [-0.2, -0.15) is 39.5 Å². The summed E-state index contributed by atoms with van der Waals surface area (Å²) in [5, 5.41) is 0. The van der Waals surface area contributed by atoms with Gasteiger partial charge in [-0.3, -0.25) is 0 Å². The van der Waals surface area contributed by atoms with E-state index in [1.165, 1.54) is 0 Å². The van der Waals surface area contributed by atoms with Crippen LogP contribution in [-0.4, -0.2) is 6.43 Å². The molecule has 0 spiro atoms. The van der Waals surface area contributed by atoms with E-state index in [9.17, 15) is 48.3 Å². The van der Waals surface area contributed by atoms with E-state index in [4.69, 9.17) is 0 Å². The molecule has 0 fully saturated rings. The minimum atomic E-state index is -3.69. The number of hydrogen-bond donors (Lipinski definition) is 0. The Balaban J connectivity index is -0.000000200. The molecule has 0 N–H and O–H groups in total. The Morgan fingerprint density at radius 3 is 0.833 bits per heavy atom. The normalized spacial score (nSPS) is 8.44. The lowest BCUT2D eigenvalue weighted by Crippen LogP contribution is -1.90. The van der Waals surface area contributed by atoms with Crippen LogP contribution in [0, 0.1) is 0 Å². The van der Waals surface area contributed by atoms with E-state index < -0.39 is 36.6 Å². The second kappa shape index (κ2) is 11.9. The van der Waals surface area contributed by atoms with Gasteiger partial charge in [0.25, 0.3) is 12.5 Å². The van der Waals surface area contributed by atoms with Gasteiger partial charge in [-0.1, -0.05) is 0 Å². The molecule has 0 aromatic rings. The molecular weight excluding hydrogens is 293 g/mol. The second-order valence-electron chi connectivity index (χ2n) is 1.77. The first-order valence-corrected chi connectivity index (χ1v) is 3.28. The Kier molecular flexibility index (Phi) is 14.4. The lowest BCUT2D eigenvalue weighted by Gasteiger charge is -1.88. The first-order valence-electron chi connectivity index (χ1n) is 3.28. The standard InChI is InChI=1S/C3HF5.C2F4.C2H2F2/c4-1(2(5)6)3(7)8;3-1(4)2(5)6;1-2(3)4/h2H;;1H2. The summed E-state index contributed by atoms with van der Waals surface area (Å²) >= 11 is 0. The summed E-state index contributed by atoms with van der Waals surface area (Å²) < 4.78 is 115. The van der Waals surface area contributed by atoms with Crippen LogP contribution in [0.25, 0.3) is 0 Å². The summed E-state index contributed by atoms with van der Waals surface area (Å²) in [5.74, 6) is -2.65. The van der Waals surface area contributed by atoms with Crippen LogP contribution in [0.5, 0.6) is 0 Å². The number of allylic oxidation sites excluding steroid dienone is 1. The van der Waals surface area contributed by atoms with Crippen molar-refractivity contribution in [2.24, 2.45) is 0 Å². The molecule has 0 aromatic carbocycles. The maximum absolute atomic E-state index is 11.0. The smallest absolute Gasteiger partial charge is 0.202 e. The molecule has 0 saturated carbocycles. The van der Waals surface area contributed by atoms with Crippen molar-refractivity contribution in [3.8, 4) is 0 Å². The van der Waals surface area contributed by atoms with Gasteiger partial charge in [0.15, 0.2) is 0 Å². The third-order valence-corrected chi connectivity index (χ3v) is 0.515. The van der Waals surface area contributed by atoms with Gasteiger partial charge in [-0.25, -0.2) is 8.78 Å². The Morgan fingerprint density at radius 1 is 0.611 bits per heavy atom. The molecule has 0 rings (SSSR count). The first-order chi connectivity index (χ1) is 7.93. The predicted molar refractivity (Wildman–Crippen MR) is 39.2 cm³/mol. The fraction of sp³-hybridized carbons (Fsp3) is 0.143. The number of rotatable bonds is 1. The zero-order valence-corrected chi connectivity index (χ0v) is 7.94. The van der Waals surface area contributed by atoms with Crippen LogP contribution in [0.2, 0.25) is 0 Å². The van der Waals surface area contributed by atoms with E-state index in [1.54, 1.807) is 0 Å². The van der Waals surface area contributed by atoms with Crippen molar-refractivity contribution in [3.63, 3.8) is 0 Å². The fourth-order valence-corrected chi connectivity index (χ4v) is 0.0825. The van der Waals surface area contributed by atoms with E-state index in [0.29, 0.717) is 0 Å². The maximum atomic E-state index is 11.0. The molecule has 0 atom stereocenters. The summed E-state index contributed by atoms with van der Waals surface area (Å²) in [7, 11) is 0. The summed E-state index contributed by atoms with van der Waals surface area (Å²) in [6, 6.07) is 0. The number of halogens is 11. The summed E-state index contributed by atoms with van der Waals surface area (Å²) in [6.45, 7) is 2.22. The van der Waals surface area contributed by atoms with Gasteiger partial charge >= 0.3 is 18.2 Å². The molecule has 0 unspecified atom stereocenters. The van der Waals surface area contributed by atoms with Crippen molar-refractivity contribution in [1.82, 2.24) is 0 Å². The largest absolute Gasteiger partial charge is 0.334 e. The lowest BCUT2D eigenvalue weighted by atomic mass is 10.6.